The summed E-state index contributed by atoms with van der Waals surface area (Å²) in [5, 5.41) is 12.0. The molecule has 0 radical (unpaired) electrons. The predicted molar refractivity (Wildman–Crippen MR) is 109 cm³/mol. The molecule has 32 heavy (non-hydrogen) atoms. The summed E-state index contributed by atoms with van der Waals surface area (Å²) in [4.78, 5) is 20.9. The monoisotopic (exact) mass is 458 g/mol. The maximum absolute atomic E-state index is 14.0. The minimum absolute atomic E-state index is 0.0163. The molecule has 2 unspecified atom stereocenters. The topological polar surface area (TPSA) is 78.4 Å². The summed E-state index contributed by atoms with van der Waals surface area (Å²) in [5.41, 5.74) is -0.219. The van der Waals surface area contributed by atoms with Crippen molar-refractivity contribution >= 4 is 23.8 Å². The van der Waals surface area contributed by atoms with E-state index in [9.17, 15) is 26.7 Å². The number of benzene rings is 2. The number of rotatable bonds is 4. The van der Waals surface area contributed by atoms with Gasteiger partial charge >= 0.3 is 6.18 Å². The van der Waals surface area contributed by atoms with Crippen molar-refractivity contribution in [2.24, 2.45) is 5.92 Å². The Morgan fingerprint density at radius 3 is 2.25 bits per heavy atom. The first-order valence-corrected chi connectivity index (χ1v) is 9.83. The number of hydrogen-bond acceptors (Lipinski definition) is 3. The molecule has 3 rings (SSSR count). The van der Waals surface area contributed by atoms with Crippen molar-refractivity contribution in [2.75, 3.05) is 17.7 Å². The van der Waals surface area contributed by atoms with Crippen molar-refractivity contribution < 1.29 is 36.6 Å². The Balaban J connectivity index is 0.00000114. The first-order valence-electron chi connectivity index (χ1n) is 9.83. The van der Waals surface area contributed by atoms with Gasteiger partial charge in [-0.05, 0) is 61.1 Å². The number of carbonyl (C=O) groups is 2. The van der Waals surface area contributed by atoms with Gasteiger partial charge in [0.05, 0.1) is 16.9 Å². The maximum Gasteiger partial charge on any atom is 0.416 e. The third-order valence-electron chi connectivity index (χ3n) is 5.33. The van der Waals surface area contributed by atoms with Gasteiger partial charge in [-0.1, -0.05) is 12.5 Å². The van der Waals surface area contributed by atoms with E-state index in [-0.39, 0.29) is 23.9 Å². The lowest BCUT2D eigenvalue weighted by Gasteiger charge is -2.29. The van der Waals surface area contributed by atoms with Crippen molar-refractivity contribution in [3.05, 3.63) is 59.2 Å². The Kier molecular flexibility index (Phi) is 8.56. The highest BCUT2D eigenvalue weighted by Crippen LogP contribution is 2.38. The van der Waals surface area contributed by atoms with E-state index in [2.05, 4.69) is 10.6 Å². The fraction of sp³-hybridized carbons (Fsp3) is 0.364. The van der Waals surface area contributed by atoms with E-state index in [4.69, 9.17) is 9.90 Å². The molecule has 1 saturated carbocycles. The zero-order valence-corrected chi connectivity index (χ0v) is 17.2. The molecular weight excluding hydrogens is 435 g/mol. The summed E-state index contributed by atoms with van der Waals surface area (Å²) < 4.78 is 66.0. The zero-order chi connectivity index (χ0) is 23.9. The Labute approximate surface area is 181 Å². The van der Waals surface area contributed by atoms with E-state index in [1.165, 1.54) is 6.07 Å². The van der Waals surface area contributed by atoms with Crippen LogP contribution in [0.4, 0.5) is 33.3 Å². The Hall–Kier alpha value is -3.17. The lowest BCUT2D eigenvalue weighted by molar-refractivity contribution is -0.137. The molecule has 0 heterocycles. The van der Waals surface area contributed by atoms with Crippen LogP contribution >= 0.6 is 0 Å². The smallest absolute Gasteiger partial charge is 0.416 e. The van der Waals surface area contributed by atoms with Crippen LogP contribution in [0.3, 0.4) is 0 Å². The number of amides is 1. The van der Waals surface area contributed by atoms with Gasteiger partial charge in [-0.2, -0.15) is 13.2 Å². The van der Waals surface area contributed by atoms with Gasteiger partial charge in [0.25, 0.3) is 6.47 Å². The number of carboxylic acid groups (broad SMARTS) is 1. The van der Waals surface area contributed by atoms with Crippen molar-refractivity contribution in [3.8, 4) is 0 Å². The molecule has 0 aromatic heterocycles. The molecule has 1 aliphatic carbocycles. The second kappa shape index (κ2) is 10.9. The second-order valence-corrected chi connectivity index (χ2v) is 7.34. The van der Waals surface area contributed by atoms with Gasteiger partial charge in [0.2, 0.25) is 5.91 Å². The zero-order valence-electron chi connectivity index (χ0n) is 17.2. The van der Waals surface area contributed by atoms with E-state index < -0.39 is 29.4 Å². The Morgan fingerprint density at radius 1 is 1.06 bits per heavy atom. The minimum atomic E-state index is -4.65. The highest BCUT2D eigenvalue weighted by molar-refractivity contribution is 5.92. The van der Waals surface area contributed by atoms with Crippen LogP contribution in [0.1, 0.15) is 42.7 Å². The maximum atomic E-state index is 14.0. The van der Waals surface area contributed by atoms with Crippen LogP contribution in [-0.4, -0.2) is 24.5 Å². The molecule has 2 aromatic carbocycles. The molecule has 1 aliphatic rings. The third-order valence-corrected chi connectivity index (χ3v) is 5.33. The van der Waals surface area contributed by atoms with Crippen molar-refractivity contribution in [3.63, 3.8) is 0 Å². The summed E-state index contributed by atoms with van der Waals surface area (Å²) in [7, 11) is 1.62. The molecule has 5 nitrogen and oxygen atoms in total. The molecule has 0 spiro atoms. The van der Waals surface area contributed by atoms with Crippen LogP contribution in [0.25, 0.3) is 0 Å². The van der Waals surface area contributed by atoms with E-state index in [0.29, 0.717) is 24.6 Å². The number of nitrogens with one attached hydrogen (secondary N) is 2. The normalized spacial score (nSPS) is 18.2. The molecule has 10 heteroatoms. The molecular formula is C22H23F5N2O3. The molecule has 2 aromatic rings. The van der Waals surface area contributed by atoms with Crippen LogP contribution < -0.4 is 10.6 Å². The second-order valence-electron chi connectivity index (χ2n) is 7.34. The third kappa shape index (κ3) is 6.41. The van der Waals surface area contributed by atoms with Crippen LogP contribution in [0.15, 0.2) is 36.4 Å². The van der Waals surface area contributed by atoms with Gasteiger partial charge in [0, 0.05) is 13.0 Å². The van der Waals surface area contributed by atoms with Gasteiger partial charge in [-0.15, -0.1) is 0 Å². The fourth-order valence-corrected chi connectivity index (χ4v) is 3.75. The average Bonchev–Trinajstić information content (AvgIpc) is 2.75. The van der Waals surface area contributed by atoms with Gasteiger partial charge in [-0.3, -0.25) is 9.59 Å². The molecule has 1 fully saturated rings. The SMILES string of the molecule is CNc1ccc(C2CCCC(C(=O)Nc3ccc(C(F)(F)F)cc3F)C2)cc1F.O=CO. The average molecular weight is 458 g/mol. The van der Waals surface area contributed by atoms with Crippen molar-refractivity contribution in [2.45, 2.75) is 37.8 Å². The van der Waals surface area contributed by atoms with Gasteiger partial charge in [0.15, 0.2) is 0 Å². The Morgan fingerprint density at radius 2 is 1.69 bits per heavy atom. The summed E-state index contributed by atoms with van der Waals surface area (Å²) in [5.74, 6) is -2.39. The fourth-order valence-electron chi connectivity index (χ4n) is 3.75. The highest BCUT2D eigenvalue weighted by Gasteiger charge is 2.32. The first-order chi connectivity index (χ1) is 15.1. The standard InChI is InChI=1S/C21H21F5N2O.CH2O2/c1-27-18-7-5-13(10-16(18)22)12-3-2-4-14(9-12)20(29)28-19-8-6-15(11-17(19)23)21(24,25)26;2-1-3/h5-8,10-12,14,27H,2-4,9H2,1H3,(H,28,29);1H,(H,2,3). The van der Waals surface area contributed by atoms with Crippen molar-refractivity contribution in [1.29, 1.82) is 0 Å². The minimum Gasteiger partial charge on any atom is -0.483 e. The van der Waals surface area contributed by atoms with Crippen LogP contribution in [0, 0.1) is 17.6 Å². The first kappa shape index (κ1) is 25.1. The van der Waals surface area contributed by atoms with E-state index in [1.54, 1.807) is 13.1 Å². The van der Waals surface area contributed by atoms with E-state index >= 15 is 0 Å². The molecule has 0 saturated heterocycles. The van der Waals surface area contributed by atoms with Gasteiger partial charge in [-0.25, -0.2) is 8.78 Å². The molecule has 0 bridgehead atoms. The number of anilines is 2. The highest BCUT2D eigenvalue weighted by atomic mass is 19.4. The summed E-state index contributed by atoms with van der Waals surface area (Å²) in [6.45, 7) is -0.250. The van der Waals surface area contributed by atoms with E-state index in [1.807, 2.05) is 6.07 Å². The van der Waals surface area contributed by atoms with Gasteiger partial charge in [0.1, 0.15) is 11.6 Å². The summed E-state index contributed by atoms with van der Waals surface area (Å²) in [6.07, 6.45) is -2.06. The lowest BCUT2D eigenvalue weighted by Crippen LogP contribution is -2.28. The number of halogens is 5. The van der Waals surface area contributed by atoms with Crippen LogP contribution in [0.5, 0.6) is 0 Å². The molecule has 3 N–H and O–H groups in total. The molecule has 174 valence electrons. The van der Waals surface area contributed by atoms with Crippen molar-refractivity contribution in [1.82, 2.24) is 0 Å². The van der Waals surface area contributed by atoms with Crippen LogP contribution in [0.2, 0.25) is 0 Å². The van der Waals surface area contributed by atoms with Gasteiger partial charge < -0.3 is 15.7 Å². The van der Waals surface area contributed by atoms with Crippen LogP contribution in [-0.2, 0) is 15.8 Å². The predicted octanol–water partition coefficient (Wildman–Crippen LogP) is 5.64. The number of hydrogen-bond donors (Lipinski definition) is 3. The Bertz CT molecular complexity index is 950. The summed E-state index contributed by atoms with van der Waals surface area (Å²) in [6, 6.07) is 6.93. The number of alkyl halides is 3. The quantitative estimate of drug-likeness (QED) is 0.409. The lowest BCUT2D eigenvalue weighted by atomic mass is 9.77. The number of carbonyl (C=O) groups excluding carboxylic acids is 1. The van der Waals surface area contributed by atoms with E-state index in [0.717, 1.165) is 30.5 Å². The molecule has 0 aliphatic heterocycles. The molecule has 1 amide bonds. The largest absolute Gasteiger partial charge is 0.483 e. The summed E-state index contributed by atoms with van der Waals surface area (Å²) >= 11 is 0. The molecule has 2 atom stereocenters.